The molecule has 1 aliphatic carbocycles. The van der Waals surface area contributed by atoms with E-state index in [0.717, 1.165) is 57.8 Å². The SMILES string of the molecule is O=C1CCC2(CCCN(Cc3ccc(C(F)(F)F)cc3F)C2)CN1C1CC1. The molecule has 1 aromatic carbocycles. The van der Waals surface area contributed by atoms with Gasteiger partial charge < -0.3 is 4.90 Å². The Morgan fingerprint density at radius 2 is 1.93 bits per heavy atom. The van der Waals surface area contributed by atoms with Gasteiger partial charge in [0.25, 0.3) is 0 Å². The van der Waals surface area contributed by atoms with Crippen LogP contribution >= 0.6 is 0 Å². The molecule has 1 aromatic rings. The first kappa shape index (κ1) is 18.7. The molecule has 1 spiro atoms. The molecule has 7 heteroatoms. The molecule has 0 bridgehead atoms. The van der Waals surface area contributed by atoms with E-state index in [1.807, 2.05) is 4.90 Å². The minimum Gasteiger partial charge on any atom is -0.339 e. The van der Waals surface area contributed by atoms with Crippen molar-refractivity contribution in [1.82, 2.24) is 9.80 Å². The molecule has 3 fully saturated rings. The summed E-state index contributed by atoms with van der Waals surface area (Å²) in [6.45, 7) is 2.65. The lowest BCUT2D eigenvalue weighted by Crippen LogP contribution is -2.54. The van der Waals surface area contributed by atoms with Crippen molar-refractivity contribution < 1.29 is 22.4 Å². The minimum absolute atomic E-state index is 0.0388. The van der Waals surface area contributed by atoms with Crippen LogP contribution in [0, 0.1) is 11.2 Å². The largest absolute Gasteiger partial charge is 0.416 e. The van der Waals surface area contributed by atoms with Gasteiger partial charge in [-0.05, 0) is 50.8 Å². The number of amides is 1. The fourth-order valence-corrected chi connectivity index (χ4v) is 4.63. The van der Waals surface area contributed by atoms with Crippen molar-refractivity contribution >= 4 is 5.91 Å². The smallest absolute Gasteiger partial charge is 0.339 e. The van der Waals surface area contributed by atoms with Crippen molar-refractivity contribution in [3.05, 3.63) is 35.1 Å². The van der Waals surface area contributed by atoms with E-state index in [4.69, 9.17) is 0 Å². The van der Waals surface area contributed by atoms with Crippen LogP contribution in [0.3, 0.4) is 0 Å². The van der Waals surface area contributed by atoms with Crippen molar-refractivity contribution in [2.45, 2.75) is 57.3 Å². The quantitative estimate of drug-likeness (QED) is 0.729. The summed E-state index contributed by atoms with van der Waals surface area (Å²) >= 11 is 0. The molecule has 2 saturated heterocycles. The highest BCUT2D eigenvalue weighted by Gasteiger charge is 2.45. The van der Waals surface area contributed by atoms with Gasteiger partial charge >= 0.3 is 6.18 Å². The van der Waals surface area contributed by atoms with E-state index in [1.54, 1.807) is 0 Å². The molecule has 3 nitrogen and oxygen atoms in total. The van der Waals surface area contributed by atoms with Gasteiger partial charge in [0.15, 0.2) is 0 Å². The highest BCUT2D eigenvalue weighted by molar-refractivity contribution is 5.78. The van der Waals surface area contributed by atoms with Crippen LogP contribution in [0.25, 0.3) is 0 Å². The van der Waals surface area contributed by atoms with Gasteiger partial charge in [-0.25, -0.2) is 4.39 Å². The Balaban J connectivity index is 1.45. The molecule has 0 N–H and O–H groups in total. The van der Waals surface area contributed by atoms with Crippen LogP contribution < -0.4 is 0 Å². The normalized spacial score (nSPS) is 27.4. The lowest BCUT2D eigenvalue weighted by Gasteiger charge is -2.48. The summed E-state index contributed by atoms with van der Waals surface area (Å²) < 4.78 is 52.4. The molecule has 27 heavy (non-hydrogen) atoms. The van der Waals surface area contributed by atoms with E-state index < -0.39 is 17.6 Å². The number of alkyl halides is 3. The highest BCUT2D eigenvalue weighted by atomic mass is 19.4. The van der Waals surface area contributed by atoms with Gasteiger partial charge in [0.05, 0.1) is 5.56 Å². The van der Waals surface area contributed by atoms with Gasteiger partial charge in [0, 0.05) is 43.1 Å². The van der Waals surface area contributed by atoms with E-state index in [9.17, 15) is 22.4 Å². The average molecular weight is 384 g/mol. The van der Waals surface area contributed by atoms with Gasteiger partial charge in [-0.15, -0.1) is 0 Å². The number of piperidine rings is 2. The number of hydrogen-bond donors (Lipinski definition) is 0. The standard InChI is InChI=1S/C20H24F4N2O/c21-17-10-15(20(22,23)24)3-2-14(17)11-25-9-1-7-19(12-25)8-6-18(27)26(13-19)16-4-5-16/h2-3,10,16H,1,4-9,11-13H2. The Morgan fingerprint density at radius 1 is 1.15 bits per heavy atom. The predicted molar refractivity (Wildman–Crippen MR) is 92.3 cm³/mol. The first-order valence-electron chi connectivity index (χ1n) is 9.63. The molecular weight excluding hydrogens is 360 g/mol. The predicted octanol–water partition coefficient (Wildman–Crippen LogP) is 4.21. The Morgan fingerprint density at radius 3 is 2.59 bits per heavy atom. The topological polar surface area (TPSA) is 23.6 Å². The van der Waals surface area contributed by atoms with Gasteiger partial charge in [-0.2, -0.15) is 13.2 Å². The monoisotopic (exact) mass is 384 g/mol. The maximum atomic E-state index is 14.2. The third-order valence-corrected chi connectivity index (χ3v) is 6.20. The molecule has 148 valence electrons. The average Bonchev–Trinajstić information content (AvgIpc) is 3.43. The Kier molecular flexibility index (Phi) is 4.69. The number of likely N-dealkylation sites (tertiary alicyclic amines) is 2. The van der Waals surface area contributed by atoms with Crippen molar-refractivity contribution in [2.75, 3.05) is 19.6 Å². The van der Waals surface area contributed by atoms with Gasteiger partial charge in [-0.3, -0.25) is 9.69 Å². The fraction of sp³-hybridized carbons (Fsp3) is 0.650. The molecule has 0 aromatic heterocycles. The molecule has 2 aliphatic heterocycles. The Hall–Kier alpha value is -1.63. The Labute approximate surface area is 156 Å². The van der Waals surface area contributed by atoms with Gasteiger partial charge in [-0.1, -0.05) is 6.07 Å². The summed E-state index contributed by atoms with van der Waals surface area (Å²) in [7, 11) is 0. The summed E-state index contributed by atoms with van der Waals surface area (Å²) in [6, 6.07) is 3.19. The second-order valence-electron chi connectivity index (χ2n) is 8.37. The molecule has 1 unspecified atom stereocenters. The fourth-order valence-electron chi connectivity index (χ4n) is 4.63. The van der Waals surface area contributed by atoms with Crippen molar-refractivity contribution in [2.24, 2.45) is 5.41 Å². The summed E-state index contributed by atoms with van der Waals surface area (Å²) in [5.41, 5.74) is -0.618. The first-order chi connectivity index (χ1) is 12.8. The third kappa shape index (κ3) is 3.98. The summed E-state index contributed by atoms with van der Waals surface area (Å²) in [5.74, 6) is -0.558. The lowest BCUT2D eigenvalue weighted by atomic mass is 9.73. The number of halogens is 4. The molecule has 1 atom stereocenters. The first-order valence-corrected chi connectivity index (χ1v) is 9.63. The number of rotatable bonds is 3. The van der Waals surface area contributed by atoms with Crippen LogP contribution in [0.5, 0.6) is 0 Å². The Bertz CT molecular complexity index is 731. The van der Waals surface area contributed by atoms with Crippen LogP contribution in [0.15, 0.2) is 18.2 Å². The van der Waals surface area contributed by atoms with Crippen molar-refractivity contribution in [3.8, 4) is 0 Å². The summed E-state index contributed by atoms with van der Waals surface area (Å²) in [5, 5.41) is 0. The molecule has 3 aliphatic rings. The minimum atomic E-state index is -4.53. The van der Waals surface area contributed by atoms with E-state index in [-0.39, 0.29) is 11.3 Å². The van der Waals surface area contributed by atoms with E-state index in [0.29, 0.717) is 30.6 Å². The molecule has 4 rings (SSSR count). The second-order valence-corrected chi connectivity index (χ2v) is 8.37. The summed E-state index contributed by atoms with van der Waals surface area (Å²) in [6.07, 6.45) is 1.07. The molecule has 1 amide bonds. The zero-order chi connectivity index (χ0) is 19.2. The van der Waals surface area contributed by atoms with Gasteiger partial charge in [0.2, 0.25) is 5.91 Å². The van der Waals surface area contributed by atoms with Crippen molar-refractivity contribution in [1.29, 1.82) is 0 Å². The highest BCUT2D eigenvalue weighted by Crippen LogP contribution is 2.42. The number of carbonyl (C=O) groups excluding carboxylic acids is 1. The van der Waals surface area contributed by atoms with Crippen LogP contribution in [0.1, 0.15) is 49.7 Å². The maximum Gasteiger partial charge on any atom is 0.416 e. The maximum absolute atomic E-state index is 14.2. The van der Waals surface area contributed by atoms with Crippen LogP contribution in [-0.2, 0) is 17.5 Å². The zero-order valence-electron chi connectivity index (χ0n) is 15.2. The van der Waals surface area contributed by atoms with Crippen LogP contribution in [-0.4, -0.2) is 41.4 Å². The van der Waals surface area contributed by atoms with Crippen LogP contribution in [0.4, 0.5) is 17.6 Å². The van der Waals surface area contributed by atoms with Crippen molar-refractivity contribution in [3.63, 3.8) is 0 Å². The number of benzene rings is 1. The van der Waals surface area contributed by atoms with E-state index in [2.05, 4.69) is 4.90 Å². The number of nitrogens with zero attached hydrogens (tertiary/aromatic N) is 2. The van der Waals surface area contributed by atoms with Gasteiger partial charge in [0.1, 0.15) is 5.82 Å². The second kappa shape index (κ2) is 6.76. The van der Waals surface area contributed by atoms with Crippen LogP contribution in [0.2, 0.25) is 0 Å². The lowest BCUT2D eigenvalue weighted by molar-refractivity contribution is -0.140. The molecule has 0 radical (unpaired) electrons. The third-order valence-electron chi connectivity index (χ3n) is 6.20. The molecule has 1 saturated carbocycles. The molecular formula is C20H24F4N2O. The summed E-state index contributed by atoms with van der Waals surface area (Å²) in [4.78, 5) is 16.4. The number of carbonyl (C=O) groups is 1. The van der Waals surface area contributed by atoms with E-state index in [1.165, 1.54) is 6.07 Å². The zero-order valence-corrected chi connectivity index (χ0v) is 15.2. The van der Waals surface area contributed by atoms with E-state index >= 15 is 0 Å². The molecule has 2 heterocycles. The number of hydrogen-bond acceptors (Lipinski definition) is 2.